The van der Waals surface area contributed by atoms with Crippen molar-refractivity contribution >= 4 is 22.9 Å². The Hall–Kier alpha value is -0.240. The van der Waals surface area contributed by atoms with Gasteiger partial charge in [-0.1, -0.05) is 19.1 Å². The average Bonchev–Trinajstić information content (AvgIpc) is 2.47. The molecular weight excluding hydrogens is 132 g/mol. The van der Waals surface area contributed by atoms with E-state index in [9.17, 15) is 4.79 Å². The molecule has 2 heteroatoms. The van der Waals surface area contributed by atoms with E-state index in [4.69, 9.17) is 12.2 Å². The molecule has 1 aliphatic carbocycles. The van der Waals surface area contributed by atoms with E-state index in [0.29, 0.717) is 4.86 Å². The van der Waals surface area contributed by atoms with Crippen LogP contribution in [0, 0.1) is 5.41 Å². The Morgan fingerprint density at radius 3 is 2.11 bits per heavy atom. The number of hydrogen-bond donors (Lipinski definition) is 0. The maximum absolute atomic E-state index is 10.7. The Morgan fingerprint density at radius 1 is 1.56 bits per heavy atom. The Morgan fingerprint density at radius 2 is 2.00 bits per heavy atom. The molecule has 0 N–H and O–H groups in total. The Bertz CT molecular complexity index is 168. The van der Waals surface area contributed by atoms with E-state index in [-0.39, 0.29) is 11.2 Å². The summed E-state index contributed by atoms with van der Waals surface area (Å²) in [6, 6.07) is 0. The lowest BCUT2D eigenvalue weighted by Crippen LogP contribution is -2.17. The molecule has 0 aromatic carbocycles. The molecule has 0 heterocycles. The molecule has 0 bridgehead atoms. The molecule has 0 radical (unpaired) electrons. The normalized spacial score (nSPS) is 21.1. The number of carbonyl (C=O) groups excluding carboxylic acids is 1. The van der Waals surface area contributed by atoms with Gasteiger partial charge in [0.1, 0.15) is 0 Å². The van der Waals surface area contributed by atoms with Gasteiger partial charge in [0.05, 0.1) is 4.86 Å². The third kappa shape index (κ3) is 1.18. The summed E-state index contributed by atoms with van der Waals surface area (Å²) in [5, 5.41) is 0. The second-order valence-electron chi connectivity index (χ2n) is 2.95. The summed E-state index contributed by atoms with van der Waals surface area (Å²) in [5.41, 5.74) is 0.112. The summed E-state index contributed by atoms with van der Waals surface area (Å²) >= 11 is 4.93. The van der Waals surface area contributed by atoms with E-state index < -0.39 is 0 Å². The maximum Gasteiger partial charge on any atom is 0.167 e. The van der Waals surface area contributed by atoms with Gasteiger partial charge in [0.25, 0.3) is 0 Å². The second-order valence-corrected chi connectivity index (χ2v) is 3.35. The highest BCUT2D eigenvalue weighted by atomic mass is 32.1. The minimum atomic E-state index is 0.0741. The van der Waals surface area contributed by atoms with Crippen molar-refractivity contribution in [1.82, 2.24) is 0 Å². The number of rotatable bonds is 2. The smallest absolute Gasteiger partial charge is 0.167 e. The fourth-order valence-electron chi connectivity index (χ4n) is 0.840. The zero-order chi connectivity index (χ0) is 7.07. The van der Waals surface area contributed by atoms with Gasteiger partial charge >= 0.3 is 0 Å². The van der Waals surface area contributed by atoms with Crippen LogP contribution in [-0.2, 0) is 4.79 Å². The van der Waals surface area contributed by atoms with Crippen molar-refractivity contribution in [3.8, 4) is 0 Å². The fraction of sp³-hybridized carbons (Fsp3) is 0.714. The molecule has 1 fully saturated rings. The lowest BCUT2D eigenvalue weighted by Gasteiger charge is -2.04. The maximum atomic E-state index is 10.7. The van der Waals surface area contributed by atoms with Crippen LogP contribution in [-0.4, -0.2) is 10.6 Å². The zero-order valence-corrected chi connectivity index (χ0v) is 6.55. The molecule has 0 amide bonds. The Balaban J connectivity index is 2.63. The van der Waals surface area contributed by atoms with Crippen LogP contribution in [0.15, 0.2) is 0 Å². The van der Waals surface area contributed by atoms with E-state index in [1.807, 2.05) is 0 Å². The van der Waals surface area contributed by atoms with Crippen molar-refractivity contribution in [1.29, 1.82) is 0 Å². The summed E-state index contributed by atoms with van der Waals surface area (Å²) in [7, 11) is 0. The molecule has 1 rings (SSSR count). The summed E-state index contributed by atoms with van der Waals surface area (Å²) in [6.07, 6.45) is 2.21. The lowest BCUT2D eigenvalue weighted by atomic mass is 10.0. The predicted octanol–water partition coefficient (Wildman–Crippen LogP) is 1.75. The minimum absolute atomic E-state index is 0.0741. The van der Waals surface area contributed by atoms with Crippen LogP contribution in [0.3, 0.4) is 0 Å². The van der Waals surface area contributed by atoms with Crippen LogP contribution >= 0.6 is 12.2 Å². The van der Waals surface area contributed by atoms with Crippen LogP contribution in [0.2, 0.25) is 0 Å². The summed E-state index contributed by atoms with van der Waals surface area (Å²) in [6.45, 7) is 3.60. The molecule has 1 aliphatic rings. The quantitative estimate of drug-likeness (QED) is 0.546. The summed E-state index contributed by atoms with van der Waals surface area (Å²) in [5.74, 6) is 0.0741. The molecule has 9 heavy (non-hydrogen) atoms. The van der Waals surface area contributed by atoms with Crippen molar-refractivity contribution in [3.63, 3.8) is 0 Å². The van der Waals surface area contributed by atoms with Gasteiger partial charge in [-0.15, -0.1) is 0 Å². The van der Waals surface area contributed by atoms with Crippen LogP contribution in [0.1, 0.15) is 26.7 Å². The van der Waals surface area contributed by atoms with Crippen molar-refractivity contribution in [2.75, 3.05) is 0 Å². The largest absolute Gasteiger partial charge is 0.294 e. The number of thiocarbonyl (C=S) groups is 1. The molecule has 0 saturated heterocycles. The number of ketones is 1. The lowest BCUT2D eigenvalue weighted by molar-refractivity contribution is -0.111. The highest BCUT2D eigenvalue weighted by Gasteiger charge is 2.42. The minimum Gasteiger partial charge on any atom is -0.294 e. The van der Waals surface area contributed by atoms with E-state index in [2.05, 4.69) is 6.92 Å². The topological polar surface area (TPSA) is 17.1 Å². The zero-order valence-electron chi connectivity index (χ0n) is 5.73. The number of Topliss-reactive ketones (excluding diaryl/α,β-unsaturated/α-hetero) is 1. The number of carbonyl (C=O) groups is 1. The second kappa shape index (κ2) is 1.87. The van der Waals surface area contributed by atoms with Gasteiger partial charge in [-0.05, 0) is 19.8 Å². The molecule has 0 aromatic rings. The van der Waals surface area contributed by atoms with Crippen molar-refractivity contribution in [2.45, 2.75) is 26.7 Å². The van der Waals surface area contributed by atoms with Gasteiger partial charge in [0, 0.05) is 5.41 Å². The third-order valence-electron chi connectivity index (χ3n) is 1.87. The Labute approximate surface area is 60.4 Å². The fourth-order valence-corrected chi connectivity index (χ4v) is 1.04. The van der Waals surface area contributed by atoms with Crippen LogP contribution in [0.4, 0.5) is 0 Å². The standard InChI is InChI=1S/C7H10OS/c1-5(8)6(9)7(2)3-4-7/h3-4H2,1-2H3. The molecule has 50 valence electrons. The predicted molar refractivity (Wildman–Crippen MR) is 40.6 cm³/mol. The first kappa shape index (κ1) is 6.87. The van der Waals surface area contributed by atoms with Crippen LogP contribution in [0.25, 0.3) is 0 Å². The van der Waals surface area contributed by atoms with Gasteiger partial charge in [0.15, 0.2) is 5.78 Å². The molecule has 0 aliphatic heterocycles. The molecule has 1 saturated carbocycles. The monoisotopic (exact) mass is 142 g/mol. The molecule has 0 atom stereocenters. The van der Waals surface area contributed by atoms with E-state index >= 15 is 0 Å². The van der Waals surface area contributed by atoms with Gasteiger partial charge in [-0.25, -0.2) is 0 Å². The molecule has 1 nitrogen and oxygen atoms in total. The van der Waals surface area contributed by atoms with Crippen molar-refractivity contribution in [2.24, 2.45) is 5.41 Å². The molecular formula is C7H10OS. The first-order valence-corrected chi connectivity index (χ1v) is 3.52. The average molecular weight is 142 g/mol. The first-order chi connectivity index (χ1) is 4.06. The first-order valence-electron chi connectivity index (χ1n) is 3.12. The Kier molecular flexibility index (Phi) is 1.43. The van der Waals surface area contributed by atoms with E-state index in [0.717, 1.165) is 12.8 Å². The highest BCUT2D eigenvalue weighted by molar-refractivity contribution is 7.82. The van der Waals surface area contributed by atoms with Crippen LogP contribution < -0.4 is 0 Å². The molecule has 0 aromatic heterocycles. The van der Waals surface area contributed by atoms with Gasteiger partial charge in [-0.3, -0.25) is 4.79 Å². The summed E-state index contributed by atoms with van der Waals surface area (Å²) < 4.78 is 0. The number of hydrogen-bond acceptors (Lipinski definition) is 2. The third-order valence-corrected chi connectivity index (χ3v) is 2.65. The van der Waals surface area contributed by atoms with E-state index in [1.54, 1.807) is 6.92 Å². The summed E-state index contributed by atoms with van der Waals surface area (Å²) in [4.78, 5) is 11.3. The van der Waals surface area contributed by atoms with Crippen LogP contribution in [0.5, 0.6) is 0 Å². The van der Waals surface area contributed by atoms with Crippen molar-refractivity contribution < 1.29 is 4.79 Å². The van der Waals surface area contributed by atoms with Crippen molar-refractivity contribution in [3.05, 3.63) is 0 Å². The highest BCUT2D eigenvalue weighted by Crippen LogP contribution is 2.46. The SMILES string of the molecule is CC(=O)C(=S)C1(C)CC1. The molecule has 0 unspecified atom stereocenters. The van der Waals surface area contributed by atoms with E-state index in [1.165, 1.54) is 0 Å². The van der Waals surface area contributed by atoms with Gasteiger partial charge in [0.2, 0.25) is 0 Å². The van der Waals surface area contributed by atoms with Gasteiger partial charge in [-0.2, -0.15) is 0 Å². The van der Waals surface area contributed by atoms with Gasteiger partial charge < -0.3 is 0 Å². The molecule has 0 spiro atoms.